The summed E-state index contributed by atoms with van der Waals surface area (Å²) in [5.41, 5.74) is 0.366. The molecule has 0 bridgehead atoms. The molecule has 1 aromatic heterocycles. The lowest BCUT2D eigenvalue weighted by molar-refractivity contribution is 0.143. The molecule has 0 amide bonds. The van der Waals surface area contributed by atoms with Gasteiger partial charge in [-0.2, -0.15) is 0 Å². The van der Waals surface area contributed by atoms with E-state index in [-0.39, 0.29) is 12.1 Å². The molecule has 1 aliphatic rings. The predicted octanol–water partition coefficient (Wildman–Crippen LogP) is -0.0956. The van der Waals surface area contributed by atoms with Crippen LogP contribution in [0.15, 0.2) is 29.1 Å². The molecule has 1 aromatic carbocycles. The largest absolute Gasteiger partial charge is 0.390 e. The maximum atomic E-state index is 12.1. The fourth-order valence-electron chi connectivity index (χ4n) is 2.00. The van der Waals surface area contributed by atoms with Gasteiger partial charge in [0.1, 0.15) is 5.52 Å². The highest BCUT2D eigenvalue weighted by Gasteiger charge is 2.21. The van der Waals surface area contributed by atoms with Gasteiger partial charge in [0, 0.05) is 12.6 Å². The molecule has 0 saturated heterocycles. The monoisotopic (exact) mass is 260 g/mol. The van der Waals surface area contributed by atoms with E-state index in [9.17, 15) is 9.90 Å². The van der Waals surface area contributed by atoms with Crippen LogP contribution in [0, 0.1) is 0 Å². The summed E-state index contributed by atoms with van der Waals surface area (Å²) in [4.78, 5) is 12.1. The zero-order valence-corrected chi connectivity index (χ0v) is 10.5. The second kappa shape index (κ2) is 5.07. The number of nitrogens with one attached hydrogen (secondary N) is 1. The molecule has 0 radical (unpaired) electrons. The van der Waals surface area contributed by atoms with Crippen LogP contribution >= 0.6 is 0 Å². The van der Waals surface area contributed by atoms with Gasteiger partial charge < -0.3 is 10.4 Å². The van der Waals surface area contributed by atoms with E-state index in [4.69, 9.17) is 0 Å². The quantitative estimate of drug-likeness (QED) is 0.785. The molecule has 3 rings (SSSR count). The molecule has 2 N–H and O–H groups in total. The van der Waals surface area contributed by atoms with Crippen molar-refractivity contribution in [2.24, 2.45) is 0 Å². The number of rotatable bonds is 5. The first kappa shape index (κ1) is 12.3. The van der Waals surface area contributed by atoms with E-state index in [2.05, 4.69) is 15.6 Å². The molecular formula is C13H16N4O2. The van der Waals surface area contributed by atoms with Crippen molar-refractivity contribution in [3.63, 3.8) is 0 Å². The number of hydrogen-bond donors (Lipinski definition) is 2. The van der Waals surface area contributed by atoms with Crippen molar-refractivity contribution in [3.05, 3.63) is 34.6 Å². The molecule has 1 atom stereocenters. The Kier molecular flexibility index (Phi) is 3.27. The molecule has 1 unspecified atom stereocenters. The van der Waals surface area contributed by atoms with E-state index in [1.165, 1.54) is 17.5 Å². The number of aliphatic hydroxyl groups excluding tert-OH is 1. The predicted molar refractivity (Wildman–Crippen MR) is 70.8 cm³/mol. The summed E-state index contributed by atoms with van der Waals surface area (Å²) in [6, 6.07) is 7.61. The lowest BCUT2D eigenvalue weighted by Crippen LogP contribution is -2.36. The van der Waals surface area contributed by atoms with Gasteiger partial charge in [-0.1, -0.05) is 17.3 Å². The number of nitrogens with zero attached hydrogens (tertiary/aromatic N) is 3. The molecule has 6 nitrogen and oxygen atoms in total. The fraction of sp³-hybridized carbons (Fsp3) is 0.462. The molecule has 1 fully saturated rings. The van der Waals surface area contributed by atoms with Crippen LogP contribution in [0.4, 0.5) is 0 Å². The Morgan fingerprint density at radius 2 is 2.21 bits per heavy atom. The van der Waals surface area contributed by atoms with Crippen LogP contribution in [0.1, 0.15) is 12.8 Å². The zero-order valence-electron chi connectivity index (χ0n) is 10.5. The minimum absolute atomic E-state index is 0.163. The number of hydrogen-bond acceptors (Lipinski definition) is 5. The summed E-state index contributed by atoms with van der Waals surface area (Å²) in [5, 5.41) is 21.5. The molecular weight excluding hydrogens is 244 g/mol. The Labute approximate surface area is 110 Å². The van der Waals surface area contributed by atoms with Gasteiger partial charge in [-0.3, -0.25) is 4.79 Å². The second-order valence-corrected chi connectivity index (χ2v) is 4.93. The second-order valence-electron chi connectivity index (χ2n) is 4.93. The third-order valence-corrected chi connectivity index (χ3v) is 3.23. The average molecular weight is 260 g/mol. The van der Waals surface area contributed by atoms with Crippen molar-refractivity contribution in [3.8, 4) is 0 Å². The maximum absolute atomic E-state index is 12.1. The van der Waals surface area contributed by atoms with Crippen LogP contribution < -0.4 is 10.9 Å². The summed E-state index contributed by atoms with van der Waals surface area (Å²) in [6.07, 6.45) is 1.71. The maximum Gasteiger partial charge on any atom is 0.277 e. The molecule has 19 heavy (non-hydrogen) atoms. The smallest absolute Gasteiger partial charge is 0.277 e. The van der Waals surface area contributed by atoms with Gasteiger partial charge in [-0.25, -0.2) is 4.68 Å². The molecule has 2 aromatic rings. The van der Waals surface area contributed by atoms with Crippen LogP contribution in [0.25, 0.3) is 10.9 Å². The van der Waals surface area contributed by atoms with E-state index >= 15 is 0 Å². The van der Waals surface area contributed by atoms with E-state index in [1.807, 2.05) is 6.07 Å². The minimum atomic E-state index is -0.631. The fourth-order valence-corrected chi connectivity index (χ4v) is 2.00. The lowest BCUT2D eigenvalue weighted by atomic mass is 10.2. The van der Waals surface area contributed by atoms with Crippen LogP contribution in [0.3, 0.4) is 0 Å². The molecule has 0 spiro atoms. The zero-order chi connectivity index (χ0) is 13.2. The molecule has 1 saturated carbocycles. The molecule has 1 heterocycles. The third-order valence-electron chi connectivity index (χ3n) is 3.23. The molecule has 1 aliphatic carbocycles. The van der Waals surface area contributed by atoms with Crippen molar-refractivity contribution in [2.75, 3.05) is 6.54 Å². The lowest BCUT2D eigenvalue weighted by Gasteiger charge is -2.12. The van der Waals surface area contributed by atoms with Crippen LogP contribution in [-0.2, 0) is 6.54 Å². The van der Waals surface area contributed by atoms with E-state index in [0.717, 1.165) is 0 Å². The normalized spacial score (nSPS) is 16.7. The molecule has 6 heteroatoms. The topological polar surface area (TPSA) is 80.0 Å². The first-order valence-electron chi connectivity index (χ1n) is 6.48. The van der Waals surface area contributed by atoms with Crippen molar-refractivity contribution in [1.82, 2.24) is 20.3 Å². The Balaban J connectivity index is 1.76. The van der Waals surface area contributed by atoms with Gasteiger partial charge in [-0.05, 0) is 25.0 Å². The van der Waals surface area contributed by atoms with E-state index < -0.39 is 6.10 Å². The highest BCUT2D eigenvalue weighted by atomic mass is 16.3. The molecule has 100 valence electrons. The van der Waals surface area contributed by atoms with Crippen LogP contribution in [0.2, 0.25) is 0 Å². The summed E-state index contributed by atoms with van der Waals surface area (Å²) in [5.74, 6) is 0. The van der Waals surface area contributed by atoms with Crippen molar-refractivity contribution in [1.29, 1.82) is 0 Å². The van der Waals surface area contributed by atoms with Crippen molar-refractivity contribution >= 4 is 10.9 Å². The highest BCUT2D eigenvalue weighted by Crippen LogP contribution is 2.18. The first-order chi connectivity index (χ1) is 9.24. The summed E-state index contributed by atoms with van der Waals surface area (Å²) in [6.45, 7) is 0.641. The number of aliphatic hydroxyl groups is 1. The summed E-state index contributed by atoms with van der Waals surface area (Å²) < 4.78 is 1.22. The van der Waals surface area contributed by atoms with Crippen LogP contribution in [-0.4, -0.2) is 38.8 Å². The first-order valence-corrected chi connectivity index (χ1v) is 6.48. The van der Waals surface area contributed by atoms with E-state index in [1.54, 1.807) is 18.2 Å². The van der Waals surface area contributed by atoms with Crippen LogP contribution in [0.5, 0.6) is 0 Å². The highest BCUT2D eigenvalue weighted by molar-refractivity contribution is 5.76. The Hall–Kier alpha value is -1.79. The van der Waals surface area contributed by atoms with Gasteiger partial charge in [0.2, 0.25) is 0 Å². The summed E-state index contributed by atoms with van der Waals surface area (Å²) in [7, 11) is 0. The number of fused-ring (bicyclic) bond motifs is 1. The third kappa shape index (κ3) is 2.80. The van der Waals surface area contributed by atoms with E-state index in [0.29, 0.717) is 23.5 Å². The molecule has 0 aliphatic heterocycles. The number of benzene rings is 1. The minimum Gasteiger partial charge on any atom is -0.390 e. The number of aromatic nitrogens is 3. The van der Waals surface area contributed by atoms with Gasteiger partial charge in [0.05, 0.1) is 18.0 Å². The summed E-state index contributed by atoms with van der Waals surface area (Å²) >= 11 is 0. The SMILES string of the molecule is O=c1c2ccccc2nnn1CC(O)CNC1CC1. The van der Waals surface area contributed by atoms with Gasteiger partial charge in [0.15, 0.2) is 0 Å². The van der Waals surface area contributed by atoms with Gasteiger partial charge in [-0.15, -0.1) is 5.10 Å². The van der Waals surface area contributed by atoms with Crippen molar-refractivity contribution in [2.45, 2.75) is 31.5 Å². The van der Waals surface area contributed by atoms with Gasteiger partial charge in [0.25, 0.3) is 5.56 Å². The average Bonchev–Trinajstić information content (AvgIpc) is 3.24. The standard InChI is InChI=1S/C13H16N4O2/c18-10(7-14-9-5-6-9)8-17-13(19)11-3-1-2-4-12(11)15-16-17/h1-4,9-10,14,18H,5-8H2. The van der Waals surface area contributed by atoms with Crippen molar-refractivity contribution < 1.29 is 5.11 Å². The Morgan fingerprint density at radius 1 is 1.42 bits per heavy atom. The van der Waals surface area contributed by atoms with Gasteiger partial charge >= 0.3 is 0 Å². The Bertz CT molecular complexity index is 636. The Morgan fingerprint density at radius 3 is 3.00 bits per heavy atom.